The first-order valence-corrected chi connectivity index (χ1v) is 8.39. The van der Waals surface area contributed by atoms with E-state index < -0.39 is 0 Å². The molecule has 0 bridgehead atoms. The van der Waals surface area contributed by atoms with Gasteiger partial charge in [0.15, 0.2) is 6.61 Å². The highest BCUT2D eigenvalue weighted by atomic mass is 127. The fourth-order valence-corrected chi connectivity index (χ4v) is 3.66. The van der Waals surface area contributed by atoms with E-state index in [-0.39, 0.29) is 12.5 Å². The largest absolute Gasteiger partial charge is 0.484 e. The predicted octanol–water partition coefficient (Wildman–Crippen LogP) is 3.32. The van der Waals surface area contributed by atoms with Gasteiger partial charge in [0.05, 0.1) is 0 Å². The predicted molar refractivity (Wildman–Crippen MR) is 88.1 cm³/mol. The van der Waals surface area contributed by atoms with Crippen LogP contribution in [0.4, 0.5) is 0 Å². The summed E-state index contributed by atoms with van der Waals surface area (Å²) in [4.78, 5) is 15.5. The molecule has 3 rings (SSSR count). The molecule has 104 valence electrons. The van der Waals surface area contributed by atoms with E-state index in [0.29, 0.717) is 6.54 Å². The Kier molecular flexibility index (Phi) is 4.26. The Morgan fingerprint density at radius 3 is 3.15 bits per heavy atom. The van der Waals surface area contributed by atoms with Gasteiger partial charge in [-0.2, -0.15) is 0 Å². The summed E-state index contributed by atoms with van der Waals surface area (Å²) in [6.07, 6.45) is 0.960. The Hall–Kier alpha value is -1.08. The standard InChI is InChI=1S/C15H14INO2S/c16-12-2-1-3-13(8-12)19-10-15(18)17-6-4-14-11(9-17)5-7-20-14/h1-3,5,7-8H,4,6,9-10H2. The number of carbonyl (C=O) groups is 1. The summed E-state index contributed by atoms with van der Waals surface area (Å²) in [6, 6.07) is 9.85. The molecule has 2 aromatic rings. The summed E-state index contributed by atoms with van der Waals surface area (Å²) in [5, 5.41) is 2.10. The Bertz CT molecular complexity index is 626. The van der Waals surface area contributed by atoms with Crippen molar-refractivity contribution in [1.82, 2.24) is 4.90 Å². The van der Waals surface area contributed by atoms with Crippen molar-refractivity contribution in [2.24, 2.45) is 0 Å². The van der Waals surface area contributed by atoms with Crippen LogP contribution in [-0.4, -0.2) is 24.0 Å². The molecule has 1 aliphatic heterocycles. The first-order chi connectivity index (χ1) is 9.72. The molecule has 5 heteroatoms. The molecule has 1 aliphatic rings. The monoisotopic (exact) mass is 399 g/mol. The van der Waals surface area contributed by atoms with Crippen LogP contribution in [0.2, 0.25) is 0 Å². The average Bonchev–Trinajstić information content (AvgIpc) is 2.92. The molecule has 0 fully saturated rings. The maximum absolute atomic E-state index is 12.2. The lowest BCUT2D eigenvalue weighted by atomic mass is 10.1. The molecule has 3 nitrogen and oxygen atoms in total. The summed E-state index contributed by atoms with van der Waals surface area (Å²) in [7, 11) is 0. The highest BCUT2D eigenvalue weighted by molar-refractivity contribution is 14.1. The van der Waals surface area contributed by atoms with Crippen LogP contribution in [0.5, 0.6) is 5.75 Å². The number of nitrogens with zero attached hydrogens (tertiary/aromatic N) is 1. The van der Waals surface area contributed by atoms with Crippen molar-refractivity contribution in [2.75, 3.05) is 13.2 Å². The van der Waals surface area contributed by atoms with Crippen molar-refractivity contribution in [3.8, 4) is 5.75 Å². The molecule has 1 aromatic carbocycles. The van der Waals surface area contributed by atoms with Crippen molar-refractivity contribution in [3.05, 3.63) is 49.7 Å². The quantitative estimate of drug-likeness (QED) is 0.742. The topological polar surface area (TPSA) is 29.5 Å². The van der Waals surface area contributed by atoms with Gasteiger partial charge >= 0.3 is 0 Å². The van der Waals surface area contributed by atoms with Gasteiger partial charge in [0.25, 0.3) is 5.91 Å². The van der Waals surface area contributed by atoms with Gasteiger partial charge in [-0.05, 0) is 64.2 Å². The third-order valence-electron chi connectivity index (χ3n) is 3.32. The van der Waals surface area contributed by atoms with Gasteiger partial charge in [0, 0.05) is 21.5 Å². The molecule has 0 aliphatic carbocycles. The SMILES string of the molecule is O=C(COc1cccc(I)c1)N1CCc2sccc2C1. The molecule has 1 amide bonds. The smallest absolute Gasteiger partial charge is 0.260 e. The van der Waals surface area contributed by atoms with Crippen LogP contribution in [0, 0.1) is 3.57 Å². The van der Waals surface area contributed by atoms with Gasteiger partial charge in [-0.15, -0.1) is 11.3 Å². The number of benzene rings is 1. The zero-order valence-corrected chi connectivity index (χ0v) is 13.8. The number of halogens is 1. The molecule has 0 radical (unpaired) electrons. The van der Waals surface area contributed by atoms with Gasteiger partial charge in [0.1, 0.15) is 5.75 Å². The maximum atomic E-state index is 12.2. The van der Waals surface area contributed by atoms with Crippen molar-refractivity contribution < 1.29 is 9.53 Å². The summed E-state index contributed by atoms with van der Waals surface area (Å²) in [6.45, 7) is 1.62. The van der Waals surface area contributed by atoms with Gasteiger partial charge in [-0.3, -0.25) is 4.79 Å². The molecule has 0 unspecified atom stereocenters. The van der Waals surface area contributed by atoms with Crippen LogP contribution in [0.3, 0.4) is 0 Å². The second-order valence-electron chi connectivity index (χ2n) is 4.68. The Morgan fingerprint density at radius 1 is 1.40 bits per heavy atom. The number of fused-ring (bicyclic) bond motifs is 1. The van der Waals surface area contributed by atoms with E-state index in [1.54, 1.807) is 11.3 Å². The van der Waals surface area contributed by atoms with E-state index in [0.717, 1.165) is 22.3 Å². The number of hydrogen-bond donors (Lipinski definition) is 0. The fourth-order valence-electron chi connectivity index (χ4n) is 2.25. The molecule has 0 saturated heterocycles. The Balaban J connectivity index is 1.58. The first-order valence-electron chi connectivity index (χ1n) is 6.44. The maximum Gasteiger partial charge on any atom is 0.260 e. The summed E-state index contributed by atoms with van der Waals surface area (Å²) in [5.41, 5.74) is 1.28. The highest BCUT2D eigenvalue weighted by Gasteiger charge is 2.21. The van der Waals surface area contributed by atoms with Crippen molar-refractivity contribution >= 4 is 39.8 Å². The zero-order chi connectivity index (χ0) is 13.9. The second kappa shape index (κ2) is 6.13. The molecule has 0 spiro atoms. The van der Waals surface area contributed by atoms with Crippen LogP contribution in [-0.2, 0) is 17.8 Å². The molecule has 1 aromatic heterocycles. The van der Waals surface area contributed by atoms with Crippen LogP contribution in [0.15, 0.2) is 35.7 Å². The lowest BCUT2D eigenvalue weighted by Gasteiger charge is -2.27. The van der Waals surface area contributed by atoms with Gasteiger partial charge in [-0.1, -0.05) is 6.07 Å². The Morgan fingerprint density at radius 2 is 2.30 bits per heavy atom. The number of thiophene rings is 1. The molecule has 0 saturated carbocycles. The number of carbonyl (C=O) groups excluding carboxylic acids is 1. The van der Waals surface area contributed by atoms with Gasteiger partial charge in [0.2, 0.25) is 0 Å². The number of hydrogen-bond acceptors (Lipinski definition) is 3. The normalized spacial score (nSPS) is 13.9. The van der Waals surface area contributed by atoms with E-state index >= 15 is 0 Å². The molecular formula is C15H14INO2S. The molecule has 0 N–H and O–H groups in total. The van der Waals surface area contributed by atoms with E-state index in [1.807, 2.05) is 29.2 Å². The second-order valence-corrected chi connectivity index (χ2v) is 6.93. The lowest BCUT2D eigenvalue weighted by molar-refractivity contribution is -0.134. The van der Waals surface area contributed by atoms with Gasteiger partial charge < -0.3 is 9.64 Å². The van der Waals surface area contributed by atoms with Crippen molar-refractivity contribution in [3.63, 3.8) is 0 Å². The molecule has 2 heterocycles. The van der Waals surface area contributed by atoms with Crippen LogP contribution in [0.25, 0.3) is 0 Å². The van der Waals surface area contributed by atoms with E-state index in [9.17, 15) is 4.79 Å². The van der Waals surface area contributed by atoms with Crippen LogP contribution in [0.1, 0.15) is 10.4 Å². The van der Waals surface area contributed by atoms with E-state index in [4.69, 9.17) is 4.74 Å². The molecule has 0 atom stereocenters. The number of amides is 1. The average molecular weight is 399 g/mol. The highest BCUT2D eigenvalue weighted by Crippen LogP contribution is 2.24. The van der Waals surface area contributed by atoms with Gasteiger partial charge in [-0.25, -0.2) is 0 Å². The van der Waals surface area contributed by atoms with Crippen molar-refractivity contribution in [1.29, 1.82) is 0 Å². The summed E-state index contributed by atoms with van der Waals surface area (Å²) >= 11 is 4.01. The fraction of sp³-hybridized carbons (Fsp3) is 0.267. The number of ether oxygens (including phenoxy) is 1. The summed E-state index contributed by atoms with van der Waals surface area (Å²) in [5.74, 6) is 0.805. The Labute approximate surface area is 135 Å². The van der Waals surface area contributed by atoms with Crippen molar-refractivity contribution in [2.45, 2.75) is 13.0 Å². The van der Waals surface area contributed by atoms with E-state index in [1.165, 1.54) is 10.4 Å². The lowest BCUT2D eigenvalue weighted by Crippen LogP contribution is -2.38. The molecular weight excluding hydrogens is 385 g/mol. The first kappa shape index (κ1) is 13.9. The van der Waals surface area contributed by atoms with Crippen LogP contribution < -0.4 is 4.74 Å². The minimum atomic E-state index is 0.0562. The zero-order valence-electron chi connectivity index (χ0n) is 10.8. The van der Waals surface area contributed by atoms with Crippen LogP contribution >= 0.6 is 33.9 Å². The third kappa shape index (κ3) is 3.15. The number of rotatable bonds is 3. The molecule has 20 heavy (non-hydrogen) atoms. The minimum Gasteiger partial charge on any atom is -0.484 e. The summed E-state index contributed by atoms with van der Waals surface area (Å²) < 4.78 is 6.68. The van der Waals surface area contributed by atoms with E-state index in [2.05, 4.69) is 34.0 Å². The minimum absolute atomic E-state index is 0.0562. The third-order valence-corrected chi connectivity index (χ3v) is 5.01.